The van der Waals surface area contributed by atoms with E-state index in [9.17, 15) is 0 Å². The summed E-state index contributed by atoms with van der Waals surface area (Å²) in [7, 11) is 0. The molecule has 60 valence electrons. The van der Waals surface area contributed by atoms with Gasteiger partial charge in [-0.25, -0.2) is 0 Å². The molecular formula is C8H13N3. The number of hydrogen-bond acceptors (Lipinski definition) is 2. The first-order valence-corrected chi connectivity index (χ1v) is 3.81. The maximum atomic E-state index is 7.11. The fourth-order valence-electron chi connectivity index (χ4n) is 0.997. The van der Waals surface area contributed by atoms with Crippen LogP contribution in [0.3, 0.4) is 0 Å². The molecule has 0 saturated heterocycles. The molecule has 11 heavy (non-hydrogen) atoms. The van der Waals surface area contributed by atoms with Crippen molar-refractivity contribution in [2.75, 3.05) is 6.54 Å². The molecule has 1 aliphatic heterocycles. The van der Waals surface area contributed by atoms with Crippen molar-refractivity contribution in [3.05, 3.63) is 12.2 Å². The molecule has 1 atom stereocenters. The number of aliphatic imine (C=N–C) groups is 1. The highest BCUT2D eigenvalue weighted by Gasteiger charge is 2.08. The summed E-state index contributed by atoms with van der Waals surface area (Å²) >= 11 is 0. The summed E-state index contributed by atoms with van der Waals surface area (Å²) in [4.78, 5) is 4.16. The average molecular weight is 151 g/mol. The Balaban J connectivity index is 2.60. The lowest BCUT2D eigenvalue weighted by Crippen LogP contribution is -2.23. The predicted octanol–water partition coefficient (Wildman–Crippen LogP) is 0.959. The second-order valence-electron chi connectivity index (χ2n) is 2.67. The zero-order valence-electron chi connectivity index (χ0n) is 6.67. The van der Waals surface area contributed by atoms with Gasteiger partial charge in [0.25, 0.3) is 0 Å². The van der Waals surface area contributed by atoms with E-state index in [1.54, 1.807) is 0 Å². The minimum Gasteiger partial charge on any atom is -0.382 e. The van der Waals surface area contributed by atoms with Gasteiger partial charge in [-0.2, -0.15) is 0 Å². The Bertz CT molecular complexity index is 215. The summed E-state index contributed by atoms with van der Waals surface area (Å²) in [5, 5.41) is 7.11. The SMILES string of the molecule is CCC1C=CC(C(=N)N)=NC1. The molecule has 0 aromatic carbocycles. The molecule has 1 unspecified atom stereocenters. The summed E-state index contributed by atoms with van der Waals surface area (Å²) in [6, 6.07) is 0. The van der Waals surface area contributed by atoms with Crippen LogP contribution in [-0.4, -0.2) is 18.1 Å². The normalized spacial score (nSPS) is 23.0. The van der Waals surface area contributed by atoms with Crippen molar-refractivity contribution in [1.29, 1.82) is 5.41 Å². The molecule has 3 N–H and O–H groups in total. The van der Waals surface area contributed by atoms with Gasteiger partial charge in [0.2, 0.25) is 0 Å². The Kier molecular flexibility index (Phi) is 2.41. The topological polar surface area (TPSA) is 62.2 Å². The van der Waals surface area contributed by atoms with Gasteiger partial charge < -0.3 is 5.73 Å². The van der Waals surface area contributed by atoms with Crippen molar-refractivity contribution >= 4 is 11.5 Å². The Morgan fingerprint density at radius 3 is 3.00 bits per heavy atom. The van der Waals surface area contributed by atoms with E-state index in [0.29, 0.717) is 11.6 Å². The Morgan fingerprint density at radius 2 is 2.64 bits per heavy atom. The van der Waals surface area contributed by atoms with Gasteiger partial charge in [0.05, 0.1) is 5.71 Å². The summed E-state index contributed by atoms with van der Waals surface area (Å²) in [6.07, 6.45) is 5.01. The first-order valence-electron chi connectivity index (χ1n) is 3.81. The van der Waals surface area contributed by atoms with Gasteiger partial charge in [-0.1, -0.05) is 13.0 Å². The Labute approximate surface area is 66.5 Å². The average Bonchev–Trinajstić information content (AvgIpc) is 2.05. The molecule has 0 bridgehead atoms. The van der Waals surface area contributed by atoms with Crippen LogP contribution in [0.4, 0.5) is 0 Å². The van der Waals surface area contributed by atoms with Crippen LogP contribution in [0.2, 0.25) is 0 Å². The largest absolute Gasteiger partial charge is 0.382 e. The van der Waals surface area contributed by atoms with Crippen molar-refractivity contribution in [3.63, 3.8) is 0 Å². The van der Waals surface area contributed by atoms with Gasteiger partial charge in [0.1, 0.15) is 5.84 Å². The third-order valence-corrected chi connectivity index (χ3v) is 1.82. The van der Waals surface area contributed by atoms with E-state index >= 15 is 0 Å². The van der Waals surface area contributed by atoms with Gasteiger partial charge in [-0.15, -0.1) is 0 Å². The molecule has 1 aliphatic rings. The summed E-state index contributed by atoms with van der Waals surface area (Å²) < 4.78 is 0. The maximum absolute atomic E-state index is 7.11. The van der Waals surface area contributed by atoms with Crippen LogP contribution in [0, 0.1) is 11.3 Å². The molecule has 0 aliphatic carbocycles. The quantitative estimate of drug-likeness (QED) is 0.448. The highest BCUT2D eigenvalue weighted by molar-refractivity contribution is 6.44. The van der Waals surface area contributed by atoms with E-state index in [0.717, 1.165) is 13.0 Å². The van der Waals surface area contributed by atoms with Crippen LogP contribution >= 0.6 is 0 Å². The van der Waals surface area contributed by atoms with Crippen molar-refractivity contribution in [3.8, 4) is 0 Å². The monoisotopic (exact) mass is 151 g/mol. The molecule has 0 amide bonds. The molecule has 0 spiro atoms. The number of dihydropyridines is 1. The van der Waals surface area contributed by atoms with Gasteiger partial charge in [0, 0.05) is 6.54 Å². The lowest BCUT2D eigenvalue weighted by molar-refractivity contribution is 0.637. The minimum atomic E-state index is 0.0656. The van der Waals surface area contributed by atoms with Gasteiger partial charge >= 0.3 is 0 Å². The third kappa shape index (κ3) is 1.90. The fraction of sp³-hybridized carbons (Fsp3) is 0.500. The molecule has 0 fully saturated rings. The standard InChI is InChI=1S/C8H13N3/c1-2-6-3-4-7(8(9)10)11-5-6/h3-4,6H,2,5H2,1H3,(H3,9,10). The smallest absolute Gasteiger partial charge is 0.141 e. The first kappa shape index (κ1) is 7.98. The molecule has 0 saturated carbocycles. The van der Waals surface area contributed by atoms with Crippen LogP contribution in [-0.2, 0) is 0 Å². The molecule has 1 heterocycles. The van der Waals surface area contributed by atoms with Crippen molar-refractivity contribution in [2.24, 2.45) is 16.6 Å². The van der Waals surface area contributed by atoms with Crippen LogP contribution < -0.4 is 5.73 Å². The summed E-state index contributed by atoms with van der Waals surface area (Å²) in [5.41, 5.74) is 5.88. The van der Waals surface area contributed by atoms with Gasteiger partial charge in [-0.05, 0) is 18.4 Å². The van der Waals surface area contributed by atoms with Crippen molar-refractivity contribution < 1.29 is 0 Å². The van der Waals surface area contributed by atoms with E-state index in [-0.39, 0.29) is 5.84 Å². The van der Waals surface area contributed by atoms with Crippen LogP contribution in [0.15, 0.2) is 17.1 Å². The fourth-order valence-corrected chi connectivity index (χ4v) is 0.997. The second-order valence-corrected chi connectivity index (χ2v) is 2.67. The van der Waals surface area contributed by atoms with Crippen LogP contribution in [0.5, 0.6) is 0 Å². The molecule has 3 nitrogen and oxygen atoms in total. The molecule has 0 radical (unpaired) electrons. The van der Waals surface area contributed by atoms with Crippen molar-refractivity contribution in [1.82, 2.24) is 0 Å². The van der Waals surface area contributed by atoms with Crippen LogP contribution in [0.25, 0.3) is 0 Å². The number of hydrogen-bond donors (Lipinski definition) is 2. The predicted molar refractivity (Wildman–Crippen MR) is 47.1 cm³/mol. The first-order chi connectivity index (χ1) is 5.24. The van der Waals surface area contributed by atoms with Gasteiger partial charge in [0.15, 0.2) is 0 Å². The number of rotatable bonds is 2. The molecule has 0 aromatic heterocycles. The zero-order chi connectivity index (χ0) is 8.27. The summed E-state index contributed by atoms with van der Waals surface area (Å²) in [5.74, 6) is 0.605. The van der Waals surface area contributed by atoms with E-state index < -0.39 is 0 Å². The number of nitrogens with one attached hydrogen (secondary N) is 1. The van der Waals surface area contributed by atoms with E-state index in [4.69, 9.17) is 11.1 Å². The minimum absolute atomic E-state index is 0.0656. The number of nitrogens with two attached hydrogens (primary N) is 1. The molecule has 1 rings (SSSR count). The lowest BCUT2D eigenvalue weighted by atomic mass is 10.0. The number of amidine groups is 1. The van der Waals surface area contributed by atoms with E-state index in [1.807, 2.05) is 6.08 Å². The Hall–Kier alpha value is -1.12. The van der Waals surface area contributed by atoms with Gasteiger partial charge in [-0.3, -0.25) is 10.4 Å². The second kappa shape index (κ2) is 3.32. The zero-order valence-corrected chi connectivity index (χ0v) is 6.67. The maximum Gasteiger partial charge on any atom is 0.141 e. The lowest BCUT2D eigenvalue weighted by Gasteiger charge is -2.12. The van der Waals surface area contributed by atoms with E-state index in [2.05, 4.69) is 18.0 Å². The highest BCUT2D eigenvalue weighted by atomic mass is 14.8. The molecule has 0 aromatic rings. The van der Waals surface area contributed by atoms with Crippen LogP contribution in [0.1, 0.15) is 13.3 Å². The highest BCUT2D eigenvalue weighted by Crippen LogP contribution is 2.09. The van der Waals surface area contributed by atoms with Crippen molar-refractivity contribution in [2.45, 2.75) is 13.3 Å². The molecular weight excluding hydrogens is 138 g/mol. The third-order valence-electron chi connectivity index (χ3n) is 1.82. The molecule has 3 heteroatoms. The number of nitrogens with zero attached hydrogens (tertiary/aromatic N) is 1. The Morgan fingerprint density at radius 1 is 1.91 bits per heavy atom. The van der Waals surface area contributed by atoms with E-state index in [1.165, 1.54) is 0 Å². The summed E-state index contributed by atoms with van der Waals surface area (Å²) in [6.45, 7) is 2.91.